The molecule has 2 saturated heterocycles. The predicted molar refractivity (Wildman–Crippen MR) is 84.0 cm³/mol. The number of hydrogen-bond donors (Lipinski definition) is 1. The summed E-state index contributed by atoms with van der Waals surface area (Å²) in [5, 5.41) is 3.11. The Hall–Kier alpha value is -0.310. The van der Waals surface area contributed by atoms with Gasteiger partial charge in [-0.25, -0.2) is 8.78 Å². The summed E-state index contributed by atoms with van der Waals surface area (Å²) in [6, 6.07) is 0. The van der Waals surface area contributed by atoms with E-state index in [0.29, 0.717) is 19.0 Å². The molecule has 2 heterocycles. The van der Waals surface area contributed by atoms with Gasteiger partial charge in [0.25, 0.3) is 0 Å². The van der Waals surface area contributed by atoms with E-state index < -0.39 is 18.9 Å². The predicted octanol–water partition coefficient (Wildman–Crippen LogP) is 1.73. The highest BCUT2D eigenvalue weighted by molar-refractivity contribution is 5.85. The van der Waals surface area contributed by atoms with E-state index in [9.17, 15) is 22.4 Å². The minimum Gasteiger partial charge on any atom is -0.340 e. The van der Waals surface area contributed by atoms with Crippen LogP contribution < -0.4 is 5.32 Å². The molecule has 1 unspecified atom stereocenters. The maximum absolute atomic E-state index is 13.0. The summed E-state index contributed by atoms with van der Waals surface area (Å²) in [6.45, 7) is 3.65. The van der Waals surface area contributed by atoms with E-state index in [2.05, 4.69) is 5.32 Å². The fraction of sp³-hybridized carbons (Fsp3) is 0.923. The average Bonchev–Trinajstić information content (AvgIpc) is 2.36. The van der Waals surface area contributed by atoms with Crippen molar-refractivity contribution in [2.24, 2.45) is 11.8 Å². The van der Waals surface area contributed by atoms with Crippen LogP contribution in [0.5, 0.6) is 0 Å². The number of nitrogens with one attached hydrogen (secondary N) is 1. The molecular weight excluding hydrogens is 361 g/mol. The molecule has 0 radical (unpaired) electrons. The Labute approximate surface area is 145 Å². The molecule has 2 fully saturated rings. The van der Waals surface area contributed by atoms with Crippen molar-refractivity contribution in [3.05, 3.63) is 0 Å². The average molecular weight is 384 g/mol. The second-order valence-electron chi connectivity index (χ2n) is 5.87. The van der Waals surface area contributed by atoms with E-state index in [1.807, 2.05) is 6.92 Å². The van der Waals surface area contributed by atoms with Gasteiger partial charge in [-0.15, -0.1) is 24.8 Å². The molecule has 0 saturated carbocycles. The Balaban J connectivity index is 0.00000242. The van der Waals surface area contributed by atoms with E-state index in [-0.39, 0.29) is 49.7 Å². The zero-order valence-electron chi connectivity index (χ0n) is 12.8. The van der Waals surface area contributed by atoms with Gasteiger partial charge in [-0.3, -0.25) is 9.69 Å². The number of nitrogens with zero attached hydrogens (tertiary/aromatic N) is 2. The molecule has 0 aromatic rings. The van der Waals surface area contributed by atoms with Crippen LogP contribution in [0.15, 0.2) is 0 Å². The zero-order valence-corrected chi connectivity index (χ0v) is 14.4. The Morgan fingerprint density at radius 1 is 1.17 bits per heavy atom. The van der Waals surface area contributed by atoms with E-state index in [1.54, 1.807) is 4.90 Å². The third-order valence-electron chi connectivity index (χ3n) is 4.35. The number of halogens is 6. The highest BCUT2D eigenvalue weighted by atomic mass is 35.5. The van der Waals surface area contributed by atoms with Crippen LogP contribution in [0.4, 0.5) is 17.6 Å². The van der Waals surface area contributed by atoms with Crippen molar-refractivity contribution in [2.75, 3.05) is 45.8 Å². The van der Waals surface area contributed by atoms with Gasteiger partial charge in [-0.05, 0) is 19.0 Å². The van der Waals surface area contributed by atoms with Crippen molar-refractivity contribution >= 4 is 30.7 Å². The van der Waals surface area contributed by atoms with Crippen LogP contribution in [0.2, 0.25) is 0 Å². The van der Waals surface area contributed by atoms with Crippen molar-refractivity contribution in [3.63, 3.8) is 0 Å². The summed E-state index contributed by atoms with van der Waals surface area (Å²) in [4.78, 5) is 15.2. The Morgan fingerprint density at radius 3 is 2.09 bits per heavy atom. The van der Waals surface area contributed by atoms with Crippen LogP contribution in [0.1, 0.15) is 6.92 Å². The molecule has 2 aliphatic heterocycles. The van der Waals surface area contributed by atoms with Crippen molar-refractivity contribution in [1.82, 2.24) is 15.1 Å². The number of rotatable bonds is 5. The standard InChI is InChI=1S/C13H21F4N3O.2ClH/c1-9(10-6-18-7-10)11(21)20-4-2-19(3-5-20)8-13(16,17)12(14)15;;/h9-10,12,18H,2-8H2,1H3;2*1H. The second-order valence-corrected chi connectivity index (χ2v) is 5.87. The maximum Gasteiger partial charge on any atom is 0.319 e. The molecule has 4 nitrogen and oxygen atoms in total. The zero-order chi connectivity index (χ0) is 15.6. The number of carbonyl (C=O) groups excluding carboxylic acids is 1. The lowest BCUT2D eigenvalue weighted by Crippen LogP contribution is -2.56. The Morgan fingerprint density at radius 2 is 1.70 bits per heavy atom. The molecule has 23 heavy (non-hydrogen) atoms. The number of carbonyl (C=O) groups is 1. The van der Waals surface area contributed by atoms with Crippen LogP contribution in [-0.2, 0) is 4.79 Å². The molecule has 138 valence electrons. The molecule has 2 rings (SSSR count). The van der Waals surface area contributed by atoms with Gasteiger partial charge in [0.2, 0.25) is 5.91 Å². The molecule has 1 amide bonds. The fourth-order valence-electron chi connectivity index (χ4n) is 2.65. The van der Waals surface area contributed by atoms with E-state index in [1.165, 1.54) is 4.90 Å². The summed E-state index contributed by atoms with van der Waals surface area (Å²) < 4.78 is 50.3. The molecule has 0 aromatic heterocycles. The van der Waals surface area contributed by atoms with Crippen molar-refractivity contribution < 1.29 is 22.4 Å². The maximum atomic E-state index is 13.0. The van der Waals surface area contributed by atoms with Gasteiger partial charge < -0.3 is 10.2 Å². The third-order valence-corrected chi connectivity index (χ3v) is 4.35. The second kappa shape index (κ2) is 9.25. The highest BCUT2D eigenvalue weighted by Gasteiger charge is 2.43. The number of alkyl halides is 4. The van der Waals surface area contributed by atoms with Gasteiger partial charge in [-0.2, -0.15) is 8.78 Å². The molecular formula is C13H23Cl2F4N3O. The fourth-order valence-corrected chi connectivity index (χ4v) is 2.65. The van der Waals surface area contributed by atoms with Gasteiger partial charge in [0, 0.05) is 32.1 Å². The molecule has 0 bridgehead atoms. The van der Waals surface area contributed by atoms with Gasteiger partial charge in [0.1, 0.15) is 0 Å². The van der Waals surface area contributed by atoms with Crippen molar-refractivity contribution in [1.29, 1.82) is 0 Å². The van der Waals surface area contributed by atoms with Gasteiger partial charge >= 0.3 is 12.3 Å². The Kier molecular flexibility index (Phi) is 9.12. The van der Waals surface area contributed by atoms with E-state index in [0.717, 1.165) is 13.1 Å². The molecule has 0 spiro atoms. The number of piperazine rings is 1. The van der Waals surface area contributed by atoms with Crippen molar-refractivity contribution in [3.8, 4) is 0 Å². The smallest absolute Gasteiger partial charge is 0.319 e. The summed E-state index contributed by atoms with van der Waals surface area (Å²) in [5.41, 5.74) is 0. The lowest BCUT2D eigenvalue weighted by Gasteiger charge is -2.39. The van der Waals surface area contributed by atoms with Crippen molar-refractivity contribution in [2.45, 2.75) is 19.3 Å². The molecule has 1 N–H and O–H groups in total. The van der Waals surface area contributed by atoms with Crippen LogP contribution in [0, 0.1) is 11.8 Å². The summed E-state index contributed by atoms with van der Waals surface area (Å²) in [5.74, 6) is -3.71. The molecule has 2 aliphatic rings. The summed E-state index contributed by atoms with van der Waals surface area (Å²) in [6.07, 6.45) is -3.65. The van der Waals surface area contributed by atoms with Gasteiger partial charge in [0.15, 0.2) is 0 Å². The van der Waals surface area contributed by atoms with Crippen LogP contribution in [0.3, 0.4) is 0 Å². The monoisotopic (exact) mass is 383 g/mol. The van der Waals surface area contributed by atoms with Crippen LogP contribution in [-0.4, -0.2) is 73.9 Å². The molecule has 10 heteroatoms. The Bertz CT molecular complexity index is 378. The molecule has 1 atom stereocenters. The highest BCUT2D eigenvalue weighted by Crippen LogP contribution is 2.25. The lowest BCUT2D eigenvalue weighted by molar-refractivity contribution is -0.150. The first-order valence-corrected chi connectivity index (χ1v) is 7.19. The van der Waals surface area contributed by atoms with Gasteiger partial charge in [-0.1, -0.05) is 6.92 Å². The third kappa shape index (κ3) is 5.62. The van der Waals surface area contributed by atoms with E-state index in [4.69, 9.17) is 0 Å². The summed E-state index contributed by atoms with van der Waals surface area (Å²) >= 11 is 0. The first-order valence-electron chi connectivity index (χ1n) is 7.19. The first kappa shape index (κ1) is 22.7. The van der Waals surface area contributed by atoms with E-state index >= 15 is 0 Å². The summed E-state index contributed by atoms with van der Waals surface area (Å²) in [7, 11) is 0. The van der Waals surface area contributed by atoms with Gasteiger partial charge in [0.05, 0.1) is 6.54 Å². The minimum atomic E-state index is -3.99. The lowest BCUT2D eigenvalue weighted by atomic mass is 9.88. The minimum absolute atomic E-state index is 0. The number of hydrogen-bond acceptors (Lipinski definition) is 3. The number of amides is 1. The molecule has 0 aromatic carbocycles. The first-order chi connectivity index (χ1) is 9.81. The van der Waals surface area contributed by atoms with Crippen LogP contribution >= 0.6 is 24.8 Å². The van der Waals surface area contributed by atoms with Crippen LogP contribution in [0.25, 0.3) is 0 Å². The SMILES string of the molecule is CC(C(=O)N1CCN(CC(F)(F)C(F)F)CC1)C1CNC1.Cl.Cl. The normalized spacial score (nSPS) is 21.2. The largest absolute Gasteiger partial charge is 0.340 e. The topological polar surface area (TPSA) is 35.6 Å². The quantitative estimate of drug-likeness (QED) is 0.734. The molecule has 0 aliphatic carbocycles.